The molecule has 1 unspecified atom stereocenters. The lowest BCUT2D eigenvalue weighted by molar-refractivity contribution is 0.232. The van der Waals surface area contributed by atoms with Crippen LogP contribution in [-0.2, 0) is 0 Å². The summed E-state index contributed by atoms with van der Waals surface area (Å²) in [6.07, 6.45) is 1.07. The highest BCUT2D eigenvalue weighted by molar-refractivity contribution is 5.57. The third kappa shape index (κ3) is 2.32. The highest BCUT2D eigenvalue weighted by atomic mass is 16.3. The first kappa shape index (κ1) is 12.4. The molecule has 1 fully saturated rings. The van der Waals surface area contributed by atoms with Gasteiger partial charge in [0, 0.05) is 30.3 Å². The molecule has 0 aromatic heterocycles. The predicted molar refractivity (Wildman–Crippen MR) is 72.5 cm³/mol. The van der Waals surface area contributed by atoms with Crippen LogP contribution < -0.4 is 4.90 Å². The quantitative estimate of drug-likeness (QED) is 0.849. The predicted octanol–water partition coefficient (Wildman–Crippen LogP) is 2.90. The van der Waals surface area contributed by atoms with Crippen molar-refractivity contribution in [3.05, 3.63) is 29.3 Å². The number of aryl methyl sites for hydroxylation is 2. The van der Waals surface area contributed by atoms with Crippen molar-refractivity contribution in [3.63, 3.8) is 0 Å². The van der Waals surface area contributed by atoms with Crippen LogP contribution in [-0.4, -0.2) is 23.8 Å². The van der Waals surface area contributed by atoms with Crippen molar-refractivity contribution in [1.82, 2.24) is 0 Å². The molecule has 1 aliphatic rings. The molecular weight excluding hydrogens is 210 g/mol. The monoisotopic (exact) mass is 233 g/mol. The van der Waals surface area contributed by atoms with Crippen LogP contribution in [0.3, 0.4) is 0 Å². The first-order valence-electron chi connectivity index (χ1n) is 6.40. The summed E-state index contributed by atoms with van der Waals surface area (Å²) in [4.78, 5) is 2.45. The standard InChI is InChI=1S/C15H23NO/c1-11-5-6-14(12(2)7-11)16-9-13(10-17)8-15(16,3)4/h5-7,13,17H,8-10H2,1-4H3. The minimum absolute atomic E-state index is 0.146. The zero-order chi connectivity index (χ0) is 12.6. The highest BCUT2D eigenvalue weighted by Crippen LogP contribution is 2.38. The van der Waals surface area contributed by atoms with Crippen LogP contribution in [0.15, 0.2) is 18.2 Å². The number of aliphatic hydroxyl groups is 1. The maximum Gasteiger partial charge on any atom is 0.0477 e. The Balaban J connectivity index is 2.33. The number of hydrogen-bond acceptors (Lipinski definition) is 2. The minimum Gasteiger partial charge on any atom is -0.396 e. The highest BCUT2D eigenvalue weighted by Gasteiger charge is 2.38. The zero-order valence-corrected chi connectivity index (χ0v) is 11.3. The molecule has 2 rings (SSSR count). The summed E-state index contributed by atoms with van der Waals surface area (Å²) < 4.78 is 0. The average Bonchev–Trinajstić information content (AvgIpc) is 2.54. The van der Waals surface area contributed by atoms with Crippen molar-refractivity contribution in [2.24, 2.45) is 5.92 Å². The molecule has 0 bridgehead atoms. The molecule has 17 heavy (non-hydrogen) atoms. The second-order valence-electron chi connectivity index (χ2n) is 5.97. The number of anilines is 1. The van der Waals surface area contributed by atoms with Crippen molar-refractivity contribution in [2.75, 3.05) is 18.1 Å². The summed E-state index contributed by atoms with van der Waals surface area (Å²) in [5.41, 5.74) is 4.10. The smallest absolute Gasteiger partial charge is 0.0477 e. The summed E-state index contributed by atoms with van der Waals surface area (Å²) in [5, 5.41) is 9.35. The Kier molecular flexibility index (Phi) is 3.17. The summed E-state index contributed by atoms with van der Waals surface area (Å²) in [5.74, 6) is 0.408. The maximum atomic E-state index is 9.35. The molecule has 1 saturated heterocycles. The lowest BCUT2D eigenvalue weighted by Crippen LogP contribution is -2.38. The van der Waals surface area contributed by atoms with E-state index in [0.717, 1.165) is 13.0 Å². The maximum absolute atomic E-state index is 9.35. The summed E-state index contributed by atoms with van der Waals surface area (Å²) in [6, 6.07) is 6.62. The molecule has 0 spiro atoms. The fraction of sp³-hybridized carbons (Fsp3) is 0.600. The molecule has 0 amide bonds. The largest absolute Gasteiger partial charge is 0.396 e. The van der Waals surface area contributed by atoms with Crippen LogP contribution in [0, 0.1) is 19.8 Å². The molecule has 1 aliphatic heterocycles. The van der Waals surface area contributed by atoms with Crippen LogP contribution in [0.5, 0.6) is 0 Å². The molecule has 94 valence electrons. The zero-order valence-electron chi connectivity index (χ0n) is 11.3. The van der Waals surface area contributed by atoms with Gasteiger partial charge < -0.3 is 10.0 Å². The van der Waals surface area contributed by atoms with Gasteiger partial charge in [-0.1, -0.05) is 17.7 Å². The van der Waals surface area contributed by atoms with Gasteiger partial charge in [-0.15, -0.1) is 0 Å². The molecule has 0 aliphatic carbocycles. The summed E-state index contributed by atoms with van der Waals surface area (Å²) >= 11 is 0. The van der Waals surface area contributed by atoms with E-state index in [-0.39, 0.29) is 5.54 Å². The second-order valence-corrected chi connectivity index (χ2v) is 5.97. The van der Waals surface area contributed by atoms with E-state index in [4.69, 9.17) is 0 Å². The molecule has 1 N–H and O–H groups in total. The molecule has 1 aromatic carbocycles. The fourth-order valence-electron chi connectivity index (χ4n) is 3.04. The topological polar surface area (TPSA) is 23.5 Å². The summed E-state index contributed by atoms with van der Waals surface area (Å²) in [6.45, 7) is 10.1. The molecule has 1 aromatic rings. The van der Waals surface area contributed by atoms with Crippen molar-refractivity contribution in [1.29, 1.82) is 0 Å². The average molecular weight is 233 g/mol. The van der Waals surface area contributed by atoms with Gasteiger partial charge in [0.1, 0.15) is 0 Å². The van der Waals surface area contributed by atoms with Crippen molar-refractivity contribution in [2.45, 2.75) is 39.7 Å². The lowest BCUT2D eigenvalue weighted by atomic mass is 9.96. The van der Waals surface area contributed by atoms with E-state index in [1.165, 1.54) is 16.8 Å². The third-order valence-corrected chi connectivity index (χ3v) is 3.86. The van der Waals surface area contributed by atoms with E-state index in [1.807, 2.05) is 0 Å². The Morgan fingerprint density at radius 3 is 2.59 bits per heavy atom. The first-order chi connectivity index (χ1) is 7.94. The normalized spacial score (nSPS) is 23.1. The number of benzene rings is 1. The SMILES string of the molecule is Cc1ccc(N2CC(CO)CC2(C)C)c(C)c1. The Hall–Kier alpha value is -1.02. The van der Waals surface area contributed by atoms with Gasteiger partial charge in [-0.05, 0) is 45.7 Å². The number of rotatable bonds is 2. The number of hydrogen-bond donors (Lipinski definition) is 1. The van der Waals surface area contributed by atoms with Gasteiger partial charge in [-0.2, -0.15) is 0 Å². The number of nitrogens with zero attached hydrogens (tertiary/aromatic N) is 1. The van der Waals surface area contributed by atoms with Gasteiger partial charge in [-0.3, -0.25) is 0 Å². The van der Waals surface area contributed by atoms with Crippen LogP contribution in [0.4, 0.5) is 5.69 Å². The van der Waals surface area contributed by atoms with Crippen molar-refractivity contribution < 1.29 is 5.11 Å². The molecule has 1 atom stereocenters. The lowest BCUT2D eigenvalue weighted by Gasteiger charge is -2.34. The van der Waals surface area contributed by atoms with E-state index >= 15 is 0 Å². The van der Waals surface area contributed by atoms with Crippen molar-refractivity contribution in [3.8, 4) is 0 Å². The van der Waals surface area contributed by atoms with E-state index in [9.17, 15) is 5.11 Å². The number of aliphatic hydroxyl groups excluding tert-OH is 1. The summed E-state index contributed by atoms with van der Waals surface area (Å²) in [7, 11) is 0. The Labute approximate surface area is 104 Å². The van der Waals surface area contributed by atoms with E-state index in [0.29, 0.717) is 12.5 Å². The van der Waals surface area contributed by atoms with E-state index < -0.39 is 0 Å². The van der Waals surface area contributed by atoms with Crippen LogP contribution in [0.1, 0.15) is 31.4 Å². The molecule has 2 nitrogen and oxygen atoms in total. The van der Waals surface area contributed by atoms with Crippen LogP contribution in [0.2, 0.25) is 0 Å². The van der Waals surface area contributed by atoms with E-state index in [2.05, 4.69) is 50.8 Å². The third-order valence-electron chi connectivity index (χ3n) is 3.86. The molecule has 2 heteroatoms. The Morgan fingerprint density at radius 1 is 1.35 bits per heavy atom. The van der Waals surface area contributed by atoms with E-state index in [1.54, 1.807) is 0 Å². The Bertz CT molecular complexity index is 411. The van der Waals surface area contributed by atoms with Crippen LogP contribution in [0.25, 0.3) is 0 Å². The van der Waals surface area contributed by atoms with Gasteiger partial charge in [0.05, 0.1) is 0 Å². The Morgan fingerprint density at radius 2 is 2.06 bits per heavy atom. The first-order valence-corrected chi connectivity index (χ1v) is 6.40. The van der Waals surface area contributed by atoms with Crippen molar-refractivity contribution >= 4 is 5.69 Å². The van der Waals surface area contributed by atoms with Gasteiger partial charge in [0.15, 0.2) is 0 Å². The van der Waals surface area contributed by atoms with Gasteiger partial charge in [-0.25, -0.2) is 0 Å². The van der Waals surface area contributed by atoms with Crippen LogP contribution >= 0.6 is 0 Å². The molecule has 0 radical (unpaired) electrons. The fourth-order valence-corrected chi connectivity index (χ4v) is 3.04. The van der Waals surface area contributed by atoms with Gasteiger partial charge >= 0.3 is 0 Å². The molecular formula is C15H23NO. The molecule has 1 heterocycles. The minimum atomic E-state index is 0.146. The van der Waals surface area contributed by atoms with Gasteiger partial charge in [0.25, 0.3) is 0 Å². The van der Waals surface area contributed by atoms with Gasteiger partial charge in [0.2, 0.25) is 0 Å². The molecule has 0 saturated carbocycles. The second kappa shape index (κ2) is 4.34.